The summed E-state index contributed by atoms with van der Waals surface area (Å²) >= 11 is 3.54. The van der Waals surface area contributed by atoms with Crippen LogP contribution in [0.4, 0.5) is 14.5 Å². The average Bonchev–Trinajstić information content (AvgIpc) is 3.29. The Hall–Kier alpha value is -2.36. The number of nitrogens with two attached hydrogens (primary N) is 1. The Balaban J connectivity index is 1.23. The summed E-state index contributed by atoms with van der Waals surface area (Å²) in [6.07, 6.45) is 6.51. The van der Waals surface area contributed by atoms with Gasteiger partial charge >= 0.3 is 5.92 Å². The summed E-state index contributed by atoms with van der Waals surface area (Å²) in [5.41, 5.74) is 5.04. The number of rotatable bonds is 7. The quantitative estimate of drug-likeness (QED) is 0.498. The van der Waals surface area contributed by atoms with Crippen LogP contribution < -0.4 is 10.6 Å². The molecule has 1 aromatic heterocycles. The number of amides is 2. The summed E-state index contributed by atoms with van der Waals surface area (Å²) in [6, 6.07) is 7.78. The van der Waals surface area contributed by atoms with E-state index in [0.29, 0.717) is 31.6 Å². The van der Waals surface area contributed by atoms with Crippen molar-refractivity contribution in [3.8, 4) is 0 Å². The molecule has 0 unspecified atom stereocenters. The second-order valence-corrected chi connectivity index (χ2v) is 12.8. The van der Waals surface area contributed by atoms with Gasteiger partial charge in [0, 0.05) is 29.0 Å². The Bertz CT molecular complexity index is 1210. The monoisotopic (exact) mass is 562 g/mol. The molecule has 10 heteroatoms. The predicted octanol–water partition coefficient (Wildman–Crippen LogP) is 5.22. The molecule has 1 heterocycles. The lowest BCUT2D eigenvalue weighted by molar-refractivity contribution is -0.205. The number of hydrogen-bond donors (Lipinski definition) is 1. The molecule has 6 aliphatic rings. The summed E-state index contributed by atoms with van der Waals surface area (Å²) in [6.45, 7) is 1.35. The van der Waals surface area contributed by atoms with E-state index in [1.54, 1.807) is 0 Å². The molecule has 192 valence electrons. The minimum absolute atomic E-state index is 0.0636. The highest BCUT2D eigenvalue weighted by atomic mass is 79.9. The molecule has 2 N–H and O–H groups in total. The maximum Gasteiger partial charge on any atom is 0.322 e. The summed E-state index contributed by atoms with van der Waals surface area (Å²) in [5, 5.41) is 3.95. The summed E-state index contributed by atoms with van der Waals surface area (Å²) in [7, 11) is 0. The lowest BCUT2D eigenvalue weighted by Crippen LogP contribution is -2.72. The van der Waals surface area contributed by atoms with E-state index in [1.807, 2.05) is 29.2 Å². The van der Waals surface area contributed by atoms with Gasteiger partial charge in [0.25, 0.3) is 5.89 Å². The van der Waals surface area contributed by atoms with Crippen molar-refractivity contribution >= 4 is 33.4 Å². The van der Waals surface area contributed by atoms with Gasteiger partial charge < -0.3 is 15.2 Å². The zero-order valence-electron chi connectivity index (χ0n) is 20.2. The van der Waals surface area contributed by atoms with Gasteiger partial charge in [-0.15, -0.1) is 0 Å². The van der Waals surface area contributed by atoms with Crippen LogP contribution in [0.5, 0.6) is 0 Å². The highest BCUT2D eigenvalue weighted by Crippen LogP contribution is 2.74. The van der Waals surface area contributed by atoms with Crippen molar-refractivity contribution < 1.29 is 22.9 Å². The second-order valence-electron chi connectivity index (χ2n) is 11.9. The first-order valence-electron chi connectivity index (χ1n) is 12.5. The molecule has 0 atom stereocenters. The summed E-state index contributed by atoms with van der Waals surface area (Å²) < 4.78 is 33.2. The van der Waals surface area contributed by atoms with Gasteiger partial charge in [-0.1, -0.05) is 27.2 Å². The highest BCUT2D eigenvalue weighted by molar-refractivity contribution is 9.10. The van der Waals surface area contributed by atoms with Crippen molar-refractivity contribution in [3.05, 3.63) is 40.5 Å². The zero-order valence-corrected chi connectivity index (χ0v) is 21.7. The number of halogens is 3. The van der Waals surface area contributed by atoms with Gasteiger partial charge in [-0.2, -0.15) is 13.8 Å². The number of benzene rings is 1. The van der Waals surface area contributed by atoms with Gasteiger partial charge in [0.15, 0.2) is 5.82 Å². The van der Waals surface area contributed by atoms with Crippen LogP contribution in [0.1, 0.15) is 76.4 Å². The van der Waals surface area contributed by atoms with Gasteiger partial charge in [-0.25, -0.2) is 0 Å². The van der Waals surface area contributed by atoms with Crippen LogP contribution in [0.15, 0.2) is 33.3 Å². The molecular weight excluding hydrogens is 534 g/mol. The van der Waals surface area contributed by atoms with Crippen molar-refractivity contribution in [2.24, 2.45) is 22.0 Å². The summed E-state index contributed by atoms with van der Waals surface area (Å²) in [5.74, 6) is -3.63. The zero-order chi connectivity index (χ0) is 25.6. The minimum Gasteiger partial charge on any atom is -0.369 e. The van der Waals surface area contributed by atoms with Crippen LogP contribution in [0.3, 0.4) is 0 Å². The third kappa shape index (κ3) is 3.46. The molecule has 6 fully saturated rings. The third-order valence-electron chi connectivity index (χ3n) is 9.54. The maximum atomic E-state index is 13.9. The number of carbonyl (C=O) groups excluding carboxylic acids is 2. The van der Waals surface area contributed by atoms with Crippen molar-refractivity contribution in [1.29, 1.82) is 0 Å². The Kier molecular flexibility index (Phi) is 5.06. The molecule has 8 rings (SSSR count). The number of nitrogens with zero attached hydrogens (tertiary/aromatic N) is 3. The Morgan fingerprint density at radius 1 is 1.11 bits per heavy atom. The van der Waals surface area contributed by atoms with E-state index in [-0.39, 0.29) is 22.6 Å². The highest BCUT2D eigenvalue weighted by Gasteiger charge is 2.75. The average molecular weight is 563 g/mol. The number of carbonyl (C=O) groups is 2. The van der Waals surface area contributed by atoms with Gasteiger partial charge in [-0.3, -0.25) is 9.59 Å². The molecule has 2 amide bonds. The number of fused-ring (bicyclic) bond motifs is 3. The first kappa shape index (κ1) is 24.0. The number of anilines is 1. The first-order chi connectivity index (χ1) is 16.9. The van der Waals surface area contributed by atoms with E-state index in [1.165, 1.54) is 0 Å². The topological polar surface area (TPSA) is 102 Å². The van der Waals surface area contributed by atoms with Gasteiger partial charge in [0.05, 0.1) is 10.8 Å². The van der Waals surface area contributed by atoms with E-state index < -0.39 is 22.6 Å². The number of hydrogen-bond acceptors (Lipinski definition) is 5. The molecule has 6 saturated carbocycles. The molecule has 0 spiro atoms. The normalized spacial score (nSPS) is 34.6. The fraction of sp³-hybridized carbons (Fsp3) is 0.615. The standard InChI is InChI=1S/C26H29BrF2N4O3/c1-22(28,29)20-31-19(32-36-20)24-8-5-23(6-9-24,7-10-24)15-33(17-4-2-3-16(27)11-17)21(35)26-12-25(13-26,14-26)18(30)34/h2-4,11H,5-10,12-15H2,1H3,(H2,30,34). The van der Waals surface area contributed by atoms with Crippen LogP contribution >= 0.6 is 15.9 Å². The molecule has 6 aliphatic carbocycles. The fourth-order valence-electron chi connectivity index (χ4n) is 7.28. The lowest BCUT2D eigenvalue weighted by atomic mass is 9.34. The molecule has 2 aromatic rings. The lowest BCUT2D eigenvalue weighted by Gasteiger charge is -2.68. The molecule has 36 heavy (non-hydrogen) atoms. The van der Waals surface area contributed by atoms with Crippen LogP contribution in [-0.4, -0.2) is 28.5 Å². The van der Waals surface area contributed by atoms with E-state index in [9.17, 15) is 18.4 Å². The molecule has 4 bridgehead atoms. The van der Waals surface area contributed by atoms with Crippen molar-refractivity contribution in [1.82, 2.24) is 10.1 Å². The fourth-order valence-corrected chi connectivity index (χ4v) is 7.66. The molecule has 1 aromatic carbocycles. The van der Waals surface area contributed by atoms with E-state index in [2.05, 4.69) is 26.1 Å². The predicted molar refractivity (Wildman–Crippen MR) is 130 cm³/mol. The van der Waals surface area contributed by atoms with Crippen molar-refractivity contribution in [2.45, 2.75) is 76.0 Å². The molecule has 0 radical (unpaired) electrons. The van der Waals surface area contributed by atoms with Crippen LogP contribution in [-0.2, 0) is 20.9 Å². The first-order valence-corrected chi connectivity index (χ1v) is 13.3. The molecule has 0 aliphatic heterocycles. The Labute approximate surface area is 216 Å². The Morgan fingerprint density at radius 3 is 2.28 bits per heavy atom. The molecule has 7 nitrogen and oxygen atoms in total. The van der Waals surface area contributed by atoms with Crippen LogP contribution in [0.25, 0.3) is 0 Å². The molecular formula is C26H29BrF2N4O3. The van der Waals surface area contributed by atoms with Crippen LogP contribution in [0, 0.1) is 16.2 Å². The smallest absolute Gasteiger partial charge is 0.322 e. The van der Waals surface area contributed by atoms with Crippen molar-refractivity contribution in [2.75, 3.05) is 11.4 Å². The van der Waals surface area contributed by atoms with Gasteiger partial charge in [0.2, 0.25) is 11.8 Å². The maximum absolute atomic E-state index is 13.9. The molecule has 0 saturated heterocycles. The Morgan fingerprint density at radius 2 is 1.75 bits per heavy atom. The second kappa shape index (κ2) is 7.58. The number of aromatic nitrogens is 2. The summed E-state index contributed by atoms with van der Waals surface area (Å²) in [4.78, 5) is 31.8. The van der Waals surface area contributed by atoms with E-state index >= 15 is 0 Å². The number of primary amides is 1. The van der Waals surface area contributed by atoms with Gasteiger partial charge in [-0.05, 0) is 81.4 Å². The van der Waals surface area contributed by atoms with E-state index in [0.717, 1.165) is 55.6 Å². The van der Waals surface area contributed by atoms with Gasteiger partial charge in [0.1, 0.15) is 0 Å². The minimum atomic E-state index is -3.16. The largest absolute Gasteiger partial charge is 0.369 e. The van der Waals surface area contributed by atoms with Crippen LogP contribution in [0.2, 0.25) is 0 Å². The van der Waals surface area contributed by atoms with Crippen molar-refractivity contribution in [3.63, 3.8) is 0 Å². The SMILES string of the molecule is CC(F)(F)c1nc(C23CCC(CN(C(=O)C45CC(C(N)=O)(C4)C5)c4cccc(Br)c4)(CC2)CC3)no1. The third-order valence-corrected chi connectivity index (χ3v) is 10.0. The number of alkyl halides is 2. The van der Waals surface area contributed by atoms with E-state index in [4.69, 9.17) is 10.3 Å².